The van der Waals surface area contributed by atoms with Crippen LogP contribution >= 0.6 is 11.6 Å². The van der Waals surface area contributed by atoms with Crippen molar-refractivity contribution in [2.45, 2.75) is 46.2 Å². The summed E-state index contributed by atoms with van der Waals surface area (Å²) in [7, 11) is 1.81. The summed E-state index contributed by atoms with van der Waals surface area (Å²) in [5, 5.41) is 6.77. The fourth-order valence-corrected chi connectivity index (χ4v) is 2.53. The largest absolute Gasteiger partial charge is 0.383 e. The van der Waals surface area contributed by atoms with Crippen LogP contribution in [0.25, 0.3) is 0 Å². The average molecular weight is 300 g/mol. The number of aromatic nitrogens is 2. The molecule has 20 heavy (non-hydrogen) atoms. The molecule has 1 aromatic heterocycles. The van der Waals surface area contributed by atoms with Gasteiger partial charge in [-0.25, -0.2) is 9.97 Å². The Morgan fingerprint density at radius 2 is 1.85 bits per heavy atom. The second-order valence-corrected chi connectivity index (χ2v) is 5.70. The molecule has 0 saturated heterocycles. The molecule has 0 unspecified atom stereocenters. The van der Waals surface area contributed by atoms with Crippen LogP contribution in [-0.4, -0.2) is 47.1 Å². The highest BCUT2D eigenvalue weighted by Crippen LogP contribution is 2.25. The molecule has 0 bridgehead atoms. The number of rotatable bonds is 8. The molecule has 1 rings (SSSR count). The Hall–Kier alpha value is -1.07. The molecule has 114 valence electrons. The van der Waals surface area contributed by atoms with Crippen molar-refractivity contribution in [1.29, 1.82) is 0 Å². The first-order valence-corrected chi connectivity index (χ1v) is 7.53. The zero-order valence-corrected chi connectivity index (χ0v) is 13.8. The van der Waals surface area contributed by atoms with Gasteiger partial charge in [0, 0.05) is 32.2 Å². The molecule has 0 atom stereocenters. The monoisotopic (exact) mass is 299 g/mol. The van der Waals surface area contributed by atoms with Crippen molar-refractivity contribution in [3.8, 4) is 0 Å². The number of nitrogens with zero attached hydrogens (tertiary/aromatic N) is 3. The molecule has 5 nitrogen and oxygen atoms in total. The van der Waals surface area contributed by atoms with Crippen LogP contribution in [0.3, 0.4) is 0 Å². The molecule has 0 spiro atoms. The van der Waals surface area contributed by atoms with Gasteiger partial charge in [-0.15, -0.1) is 0 Å². The smallest absolute Gasteiger partial charge is 0.157 e. The summed E-state index contributed by atoms with van der Waals surface area (Å²) in [6, 6.07) is 1.13. The van der Waals surface area contributed by atoms with Crippen molar-refractivity contribution in [1.82, 2.24) is 14.9 Å². The van der Waals surface area contributed by atoms with Gasteiger partial charge in [-0.2, -0.15) is 0 Å². The van der Waals surface area contributed by atoms with Gasteiger partial charge in [0.25, 0.3) is 0 Å². The summed E-state index contributed by atoms with van der Waals surface area (Å²) < 4.78 is 0. The molecule has 0 radical (unpaired) electrons. The van der Waals surface area contributed by atoms with Gasteiger partial charge in [0.1, 0.15) is 12.0 Å². The molecular weight excluding hydrogens is 274 g/mol. The summed E-state index contributed by atoms with van der Waals surface area (Å²) in [5.41, 5.74) is 0.749. The van der Waals surface area contributed by atoms with Crippen molar-refractivity contribution in [3.63, 3.8) is 0 Å². The van der Waals surface area contributed by atoms with Crippen LogP contribution in [0.5, 0.6) is 0 Å². The maximum atomic E-state index is 6.01. The molecule has 1 aromatic rings. The minimum atomic E-state index is 0.441. The first-order valence-electron chi connectivity index (χ1n) is 7.15. The summed E-state index contributed by atoms with van der Waals surface area (Å²) in [6.07, 6.45) is 2.53. The minimum Gasteiger partial charge on any atom is -0.383 e. The SMILES string of the molecule is CNc1c(Cl)ncnc1NCCCN(C(C)C)C(C)C. The maximum absolute atomic E-state index is 6.01. The van der Waals surface area contributed by atoms with Crippen LogP contribution in [0.15, 0.2) is 6.33 Å². The van der Waals surface area contributed by atoms with E-state index in [1.807, 2.05) is 7.05 Å². The van der Waals surface area contributed by atoms with Gasteiger partial charge < -0.3 is 10.6 Å². The van der Waals surface area contributed by atoms with E-state index in [0.717, 1.165) is 31.0 Å². The van der Waals surface area contributed by atoms with Gasteiger partial charge in [-0.1, -0.05) is 11.6 Å². The van der Waals surface area contributed by atoms with Crippen LogP contribution in [0.2, 0.25) is 5.15 Å². The van der Waals surface area contributed by atoms with Gasteiger partial charge in [-0.05, 0) is 34.1 Å². The van der Waals surface area contributed by atoms with Crippen molar-refractivity contribution in [3.05, 3.63) is 11.5 Å². The lowest BCUT2D eigenvalue weighted by Gasteiger charge is -2.30. The predicted molar refractivity (Wildman–Crippen MR) is 86.7 cm³/mol. The molecule has 2 N–H and O–H groups in total. The number of nitrogens with one attached hydrogen (secondary N) is 2. The first-order chi connectivity index (χ1) is 9.47. The number of anilines is 2. The molecule has 0 aliphatic carbocycles. The van der Waals surface area contributed by atoms with Gasteiger partial charge in [-0.3, -0.25) is 4.90 Å². The molecule has 1 heterocycles. The maximum Gasteiger partial charge on any atom is 0.157 e. The van der Waals surface area contributed by atoms with Crippen molar-refractivity contribution >= 4 is 23.1 Å². The van der Waals surface area contributed by atoms with Crippen LogP contribution in [0, 0.1) is 0 Å². The third-order valence-electron chi connectivity index (χ3n) is 3.26. The van der Waals surface area contributed by atoms with Crippen LogP contribution in [0.1, 0.15) is 34.1 Å². The molecular formula is C14H26ClN5. The lowest BCUT2D eigenvalue weighted by Crippen LogP contribution is -2.38. The van der Waals surface area contributed by atoms with Gasteiger partial charge in [0.15, 0.2) is 11.0 Å². The van der Waals surface area contributed by atoms with Gasteiger partial charge in [0.05, 0.1) is 0 Å². The van der Waals surface area contributed by atoms with E-state index in [1.165, 1.54) is 6.33 Å². The highest BCUT2D eigenvalue weighted by atomic mass is 35.5. The van der Waals surface area contributed by atoms with Gasteiger partial charge in [0.2, 0.25) is 0 Å². The molecule has 0 aromatic carbocycles. The summed E-state index contributed by atoms with van der Waals surface area (Å²) in [5.74, 6) is 0.758. The molecule has 0 saturated carbocycles. The standard InChI is InChI=1S/C14H26ClN5/c1-10(2)20(11(3)4)8-6-7-17-14-12(16-5)13(15)18-9-19-14/h9-11,16H,6-8H2,1-5H3,(H,17,18,19). The van der Waals surface area contributed by atoms with E-state index >= 15 is 0 Å². The predicted octanol–water partition coefficient (Wildman–Crippen LogP) is 3.09. The zero-order valence-electron chi connectivity index (χ0n) is 13.1. The third-order valence-corrected chi connectivity index (χ3v) is 3.55. The first kappa shape index (κ1) is 17.0. The van der Waals surface area contributed by atoms with Crippen molar-refractivity contribution < 1.29 is 0 Å². The second-order valence-electron chi connectivity index (χ2n) is 5.34. The molecule has 0 aliphatic heterocycles. The van der Waals surface area contributed by atoms with Crippen molar-refractivity contribution in [2.75, 3.05) is 30.8 Å². The zero-order chi connectivity index (χ0) is 15.1. The summed E-state index contributed by atoms with van der Waals surface area (Å²) >= 11 is 6.01. The molecule has 0 amide bonds. The van der Waals surface area contributed by atoms with E-state index in [-0.39, 0.29) is 0 Å². The Morgan fingerprint density at radius 3 is 2.40 bits per heavy atom. The summed E-state index contributed by atoms with van der Waals surface area (Å²) in [4.78, 5) is 10.7. The van der Waals surface area contributed by atoms with E-state index in [0.29, 0.717) is 17.2 Å². The topological polar surface area (TPSA) is 53.1 Å². The van der Waals surface area contributed by atoms with E-state index in [1.54, 1.807) is 0 Å². The fraction of sp³-hybridized carbons (Fsp3) is 0.714. The highest BCUT2D eigenvalue weighted by Gasteiger charge is 2.12. The number of halogens is 1. The van der Waals surface area contributed by atoms with E-state index in [9.17, 15) is 0 Å². The number of hydrogen-bond acceptors (Lipinski definition) is 5. The van der Waals surface area contributed by atoms with Crippen LogP contribution < -0.4 is 10.6 Å². The Kier molecular flexibility index (Phi) is 7.02. The van der Waals surface area contributed by atoms with Crippen LogP contribution in [0.4, 0.5) is 11.5 Å². The Morgan fingerprint density at radius 1 is 1.20 bits per heavy atom. The summed E-state index contributed by atoms with van der Waals surface area (Å²) in [6.45, 7) is 10.9. The van der Waals surface area contributed by atoms with Crippen molar-refractivity contribution in [2.24, 2.45) is 0 Å². The number of hydrogen-bond donors (Lipinski definition) is 2. The molecule has 0 aliphatic rings. The third kappa shape index (κ3) is 4.80. The van der Waals surface area contributed by atoms with E-state index in [2.05, 4.69) is 53.2 Å². The lowest BCUT2D eigenvalue weighted by atomic mass is 10.2. The minimum absolute atomic E-state index is 0.441. The lowest BCUT2D eigenvalue weighted by molar-refractivity contribution is 0.174. The Bertz CT molecular complexity index is 401. The molecule has 0 fully saturated rings. The van der Waals surface area contributed by atoms with E-state index in [4.69, 9.17) is 11.6 Å². The quantitative estimate of drug-likeness (QED) is 0.571. The Labute approximate surface area is 127 Å². The fourth-order valence-electron chi connectivity index (χ4n) is 2.30. The average Bonchev–Trinajstić information content (AvgIpc) is 2.37. The van der Waals surface area contributed by atoms with Gasteiger partial charge >= 0.3 is 0 Å². The highest BCUT2D eigenvalue weighted by molar-refractivity contribution is 6.32. The second kappa shape index (κ2) is 8.27. The van der Waals surface area contributed by atoms with Crippen LogP contribution in [-0.2, 0) is 0 Å². The normalized spacial score (nSPS) is 11.4. The molecule has 6 heteroatoms. The Balaban J connectivity index is 2.47. The van der Waals surface area contributed by atoms with E-state index < -0.39 is 0 Å².